The molecule has 1 aliphatic rings. The second-order valence-corrected chi connectivity index (χ2v) is 35.5. The summed E-state index contributed by atoms with van der Waals surface area (Å²) in [6, 6.07) is 19.9. The van der Waals surface area contributed by atoms with Gasteiger partial charge >= 0.3 is 47.8 Å². The van der Waals surface area contributed by atoms with E-state index in [1.165, 1.54) is 30.9 Å². The number of rotatable bonds is 8. The number of phenolic OH excluding ortho intramolecular Hbond substituents is 2. The van der Waals surface area contributed by atoms with Gasteiger partial charge in [-0.1, -0.05) is 116 Å². The van der Waals surface area contributed by atoms with Gasteiger partial charge in [0.25, 0.3) is 23.0 Å². The van der Waals surface area contributed by atoms with Crippen molar-refractivity contribution in [2.75, 3.05) is 28.4 Å². The summed E-state index contributed by atoms with van der Waals surface area (Å²) in [5, 5.41) is 60.0. The van der Waals surface area contributed by atoms with Crippen LogP contribution in [0.1, 0.15) is 165 Å². The van der Waals surface area contributed by atoms with Gasteiger partial charge in [-0.2, -0.15) is 7.11 Å². The maximum Gasteiger partial charge on any atom is 1.00 e. The molecule has 0 aliphatic carbocycles. The molecule has 95 heavy (non-hydrogen) atoms. The van der Waals surface area contributed by atoms with Crippen molar-refractivity contribution in [3.05, 3.63) is 166 Å². The Labute approximate surface area is 616 Å². The van der Waals surface area contributed by atoms with E-state index in [0.29, 0.717) is 54.4 Å². The predicted molar refractivity (Wildman–Crippen MR) is 380 cm³/mol. The Morgan fingerprint density at radius 1 is 0.516 bits per heavy atom. The molecule has 0 amide bonds. The smallest absolute Gasteiger partial charge is 0.857 e. The number of carbonyl (C=O) groups is 3. The summed E-state index contributed by atoms with van der Waals surface area (Å²) >= 11 is 13.0. The fraction of sp³-hybridized carbons (Fsp3) is 0.478. The van der Waals surface area contributed by atoms with Gasteiger partial charge in [0, 0.05) is 27.8 Å². The molecule has 6 rings (SSSR count). The fourth-order valence-electron chi connectivity index (χ4n) is 7.82. The Balaban J connectivity index is 0. The molecular weight excluding hydrogens is 1520 g/mol. The first-order valence-electron chi connectivity index (χ1n) is 28.9. The van der Waals surface area contributed by atoms with E-state index in [1.54, 1.807) is 51.3 Å². The first kappa shape index (κ1) is 91.4. The first-order chi connectivity index (χ1) is 42.6. The molecule has 0 spiro atoms. The summed E-state index contributed by atoms with van der Waals surface area (Å²) in [5.74, 6) is 1.30. The minimum absolute atomic E-state index is 0. The molecule has 5 aromatic rings. The molecule has 2 N–H and O–H groups in total. The number of nitrogens with zero attached hydrogens (tertiary/aromatic N) is 3. The van der Waals surface area contributed by atoms with E-state index in [4.69, 9.17) is 28.5 Å². The quantitative estimate of drug-likeness (QED) is 0.0277. The Hall–Kier alpha value is -5.65. The Morgan fingerprint density at radius 2 is 0.874 bits per heavy atom. The standard InChI is InChI=1S/C14H17NO4.C12H14BrNO5.C12H15BrO3.C10H12BrNO3.C10H13BrO.C8H18O2Si.CH3O.Na/c1-13(2,3)8-6-9-11(7-10(8)15(17)18)19-12(16)14(9,4)5;1-12(2,3)7-5-8(13)10(19-11(15)18-4)6-9(7)14(16)17;1-12(2,3)8-5-6-10(9(13)7-8)16-11(14)15-4;1-10(2,3)6-4-7(11)9(13)5-8(6)12(14)15;1-10(2,3)7-4-5-9(12)8(11)6-7;1-7(2)8(9-3)10-11(4,5)6;1-2;/h6-7H,1-5H3;5-6H,1-4H3;5-7H,1-4H3;4-5,13H,1-3H3;4-6,12H,1-3H3;1-6H3;1H3;/q;;;;;;-1;+1. The minimum Gasteiger partial charge on any atom is -0.857 e. The van der Waals surface area contributed by atoms with E-state index >= 15 is 0 Å². The number of halogens is 4. The van der Waals surface area contributed by atoms with Crippen LogP contribution in [0.5, 0.6) is 28.7 Å². The van der Waals surface area contributed by atoms with Crippen molar-refractivity contribution in [1.82, 2.24) is 0 Å². The predicted octanol–water partition coefficient (Wildman–Crippen LogP) is 16.3. The second kappa shape index (κ2) is 37.9. The molecular formula is C67H92Br4N3NaO19Si. The number of methoxy groups -OCH3 is 3. The second-order valence-electron chi connectivity index (χ2n) is 27.7. The molecule has 1 heterocycles. The summed E-state index contributed by atoms with van der Waals surface area (Å²) in [4.78, 5) is 65.5. The largest absolute Gasteiger partial charge is 1.00 e. The molecule has 0 bridgehead atoms. The van der Waals surface area contributed by atoms with Gasteiger partial charge in [0.05, 0.1) is 77.6 Å². The third-order valence-electron chi connectivity index (χ3n) is 12.9. The number of phenols is 2. The van der Waals surface area contributed by atoms with Crippen molar-refractivity contribution in [3.8, 4) is 28.7 Å². The van der Waals surface area contributed by atoms with Gasteiger partial charge < -0.3 is 48.2 Å². The number of nitro groups is 3. The molecule has 0 saturated heterocycles. The molecule has 22 nitrogen and oxygen atoms in total. The normalized spacial score (nSPS) is 12.1. The van der Waals surface area contributed by atoms with E-state index in [2.05, 4.69) is 134 Å². The number of esters is 1. The molecule has 0 radical (unpaired) electrons. The van der Waals surface area contributed by atoms with Crippen molar-refractivity contribution in [3.63, 3.8) is 0 Å². The van der Waals surface area contributed by atoms with Crippen molar-refractivity contribution >= 4 is 107 Å². The van der Waals surface area contributed by atoms with Gasteiger partial charge in [0.15, 0.2) is 5.75 Å². The van der Waals surface area contributed by atoms with E-state index in [1.807, 2.05) is 100 Å². The van der Waals surface area contributed by atoms with Crippen LogP contribution in [0.15, 0.2) is 102 Å². The maximum absolute atomic E-state index is 11.8. The van der Waals surface area contributed by atoms with Crippen LogP contribution in [0.4, 0.5) is 26.7 Å². The number of benzene rings is 5. The van der Waals surface area contributed by atoms with Crippen LogP contribution in [0.3, 0.4) is 0 Å². The van der Waals surface area contributed by atoms with Gasteiger partial charge in [-0.3, -0.25) is 35.1 Å². The SMILES string of the molecule is CC(C)(C)c1cc(Br)c(O)cc1[N+](=O)[O-].CC(C)(C)c1cc2c(cc1[N+](=O)[O-])OC(=O)C2(C)C.CC(C)(C)c1ccc(O)c(Br)c1.COC(=O)Oc1cc([N+](=O)[O-])c(C(C)(C)C)cc1Br.COC(=O)Oc1ccc(C(C)(C)C)cc1Br.COC(O[Si](C)(C)C)=C(C)C.C[O-].[Na+]. The van der Waals surface area contributed by atoms with Gasteiger partial charge in [-0.05, 0) is 192 Å². The molecule has 0 aromatic heterocycles. The number of allylic oxidation sites excluding steroid dienone is 1. The van der Waals surface area contributed by atoms with Crippen molar-refractivity contribution in [2.45, 2.75) is 184 Å². The monoisotopic (exact) mass is 1610 g/mol. The van der Waals surface area contributed by atoms with Crippen LogP contribution in [0, 0.1) is 30.3 Å². The fourth-order valence-corrected chi connectivity index (χ4v) is 10.3. The molecule has 1 aliphatic heterocycles. The number of fused-ring (bicyclic) bond motifs is 1. The zero-order valence-corrected chi connectivity index (χ0v) is 69.0. The number of hydrogen-bond acceptors (Lipinski definition) is 19. The van der Waals surface area contributed by atoms with E-state index in [0.717, 1.165) is 34.3 Å². The third kappa shape index (κ3) is 29.5. The molecule has 0 atom stereocenters. The number of carbonyl (C=O) groups excluding carboxylic acids is 3. The number of ether oxygens (including phenoxy) is 6. The maximum atomic E-state index is 11.8. The van der Waals surface area contributed by atoms with E-state index < -0.39 is 46.2 Å². The summed E-state index contributed by atoms with van der Waals surface area (Å²) < 4.78 is 36.9. The topological polar surface area (TPSA) is 309 Å². The molecule has 5 aromatic carbocycles. The van der Waals surface area contributed by atoms with Gasteiger partial charge in [0.1, 0.15) is 23.0 Å². The van der Waals surface area contributed by atoms with E-state index in [-0.39, 0.29) is 85.7 Å². The van der Waals surface area contributed by atoms with Crippen LogP contribution in [-0.2, 0) is 55.9 Å². The zero-order valence-electron chi connectivity index (χ0n) is 59.6. The molecule has 28 heteroatoms. The van der Waals surface area contributed by atoms with E-state index in [9.17, 15) is 54.9 Å². The minimum atomic E-state index is -1.49. The Bertz CT molecular complexity index is 3520. The van der Waals surface area contributed by atoms with Gasteiger partial charge in [-0.15, -0.1) is 0 Å². The summed E-state index contributed by atoms with van der Waals surface area (Å²) in [5.41, 5.74) is 4.10. The van der Waals surface area contributed by atoms with Crippen molar-refractivity contribution in [1.29, 1.82) is 0 Å². The number of aromatic hydroxyl groups is 2. The zero-order chi connectivity index (χ0) is 73.9. The molecule has 0 fully saturated rings. The average Bonchev–Trinajstić information content (AvgIpc) is 1.63. The van der Waals surface area contributed by atoms with Crippen molar-refractivity contribution in [2.24, 2.45) is 0 Å². The summed E-state index contributed by atoms with van der Waals surface area (Å²) in [6.45, 7) is 43.7. The van der Waals surface area contributed by atoms with Gasteiger partial charge in [0.2, 0.25) is 8.32 Å². The molecule has 0 saturated carbocycles. The van der Waals surface area contributed by atoms with Crippen LogP contribution in [0.2, 0.25) is 19.6 Å². The number of hydrogen-bond donors (Lipinski definition) is 2. The molecule has 0 unspecified atom stereocenters. The van der Waals surface area contributed by atoms with Crippen LogP contribution in [0.25, 0.3) is 0 Å². The van der Waals surface area contributed by atoms with Crippen LogP contribution >= 0.6 is 63.7 Å². The summed E-state index contributed by atoms with van der Waals surface area (Å²) in [7, 11) is 3.34. The van der Waals surface area contributed by atoms with Crippen molar-refractivity contribution < 1.29 is 107 Å². The van der Waals surface area contributed by atoms with Crippen LogP contribution in [-0.4, -0.2) is 80.0 Å². The Morgan fingerprint density at radius 3 is 1.22 bits per heavy atom. The van der Waals surface area contributed by atoms with Gasteiger partial charge in [-0.25, -0.2) is 9.59 Å². The van der Waals surface area contributed by atoms with Crippen LogP contribution < -0.4 is 48.9 Å². The summed E-state index contributed by atoms with van der Waals surface area (Å²) in [6.07, 6.45) is -1.65. The third-order valence-corrected chi connectivity index (χ3v) is 16.2. The average molecular weight is 1610 g/mol. The Kier molecular flexibility index (Phi) is 36.5. The first-order valence-corrected chi connectivity index (χ1v) is 35.5. The molecule has 522 valence electrons. The number of nitro benzene ring substituents is 3.